The lowest BCUT2D eigenvalue weighted by Gasteiger charge is -2.24. The monoisotopic (exact) mass is 316 g/mol. The SMILES string of the molecule is Cc1cnn(CC2CCCN2C(=O)CCc2c(C)noc2C)c1. The minimum Gasteiger partial charge on any atom is -0.361 e. The third-order valence-electron chi connectivity index (χ3n) is 4.63. The van der Waals surface area contributed by atoms with E-state index >= 15 is 0 Å². The van der Waals surface area contributed by atoms with Gasteiger partial charge in [0.05, 0.1) is 24.5 Å². The van der Waals surface area contributed by atoms with Crippen molar-refractivity contribution in [2.75, 3.05) is 6.54 Å². The van der Waals surface area contributed by atoms with E-state index in [9.17, 15) is 4.79 Å². The molecule has 1 fully saturated rings. The molecule has 1 saturated heterocycles. The van der Waals surface area contributed by atoms with E-state index in [0.717, 1.165) is 48.5 Å². The summed E-state index contributed by atoms with van der Waals surface area (Å²) in [6.45, 7) is 7.49. The zero-order chi connectivity index (χ0) is 16.4. The molecular weight excluding hydrogens is 292 g/mol. The van der Waals surface area contributed by atoms with Crippen molar-refractivity contribution < 1.29 is 9.32 Å². The number of aromatic nitrogens is 3. The molecule has 124 valence electrons. The number of hydrogen-bond acceptors (Lipinski definition) is 4. The van der Waals surface area contributed by atoms with Gasteiger partial charge in [-0.3, -0.25) is 9.48 Å². The summed E-state index contributed by atoms with van der Waals surface area (Å²) in [5.74, 6) is 1.04. The molecule has 0 spiro atoms. The predicted octanol–water partition coefficient (Wildman–Crippen LogP) is 2.42. The van der Waals surface area contributed by atoms with Crippen LogP contribution in [0.25, 0.3) is 0 Å². The Hall–Kier alpha value is -2.11. The fraction of sp³-hybridized carbons (Fsp3) is 0.588. The van der Waals surface area contributed by atoms with Gasteiger partial charge in [0.15, 0.2) is 0 Å². The molecule has 1 amide bonds. The summed E-state index contributed by atoms with van der Waals surface area (Å²) in [7, 11) is 0. The summed E-state index contributed by atoms with van der Waals surface area (Å²) < 4.78 is 7.11. The van der Waals surface area contributed by atoms with Crippen molar-refractivity contribution in [1.29, 1.82) is 0 Å². The molecule has 3 heterocycles. The molecule has 1 aliphatic heterocycles. The molecule has 2 aromatic heterocycles. The van der Waals surface area contributed by atoms with Gasteiger partial charge >= 0.3 is 0 Å². The Kier molecular flexibility index (Phi) is 4.50. The number of amides is 1. The summed E-state index contributed by atoms with van der Waals surface area (Å²) in [5.41, 5.74) is 3.11. The average Bonchev–Trinajstić information content (AvgIpc) is 3.21. The maximum atomic E-state index is 12.6. The van der Waals surface area contributed by atoms with Crippen LogP contribution < -0.4 is 0 Å². The summed E-state index contributed by atoms with van der Waals surface area (Å²) in [6, 6.07) is 0.256. The van der Waals surface area contributed by atoms with E-state index in [-0.39, 0.29) is 11.9 Å². The number of likely N-dealkylation sites (tertiary alicyclic amines) is 1. The topological polar surface area (TPSA) is 64.2 Å². The zero-order valence-corrected chi connectivity index (χ0v) is 14.1. The van der Waals surface area contributed by atoms with Crippen LogP contribution in [0.4, 0.5) is 0 Å². The van der Waals surface area contributed by atoms with Gasteiger partial charge in [0.2, 0.25) is 5.91 Å². The summed E-state index contributed by atoms with van der Waals surface area (Å²) >= 11 is 0. The summed E-state index contributed by atoms with van der Waals surface area (Å²) in [6.07, 6.45) is 7.23. The van der Waals surface area contributed by atoms with Gasteiger partial charge in [0.25, 0.3) is 0 Å². The minimum absolute atomic E-state index is 0.219. The Morgan fingerprint density at radius 1 is 1.39 bits per heavy atom. The van der Waals surface area contributed by atoms with Crippen LogP contribution in [-0.4, -0.2) is 38.3 Å². The van der Waals surface area contributed by atoms with Crippen LogP contribution in [0, 0.1) is 20.8 Å². The molecule has 6 nitrogen and oxygen atoms in total. The molecule has 6 heteroatoms. The molecule has 0 bridgehead atoms. The van der Waals surface area contributed by atoms with E-state index in [2.05, 4.69) is 10.3 Å². The fourth-order valence-corrected chi connectivity index (χ4v) is 3.37. The molecule has 23 heavy (non-hydrogen) atoms. The Labute approximate surface area is 136 Å². The van der Waals surface area contributed by atoms with E-state index in [1.807, 2.05) is 42.7 Å². The summed E-state index contributed by atoms with van der Waals surface area (Å²) in [4.78, 5) is 14.6. The van der Waals surface area contributed by atoms with Crippen molar-refractivity contribution in [1.82, 2.24) is 19.8 Å². The molecule has 0 N–H and O–H groups in total. The molecular formula is C17H24N4O2. The molecule has 2 aromatic rings. The lowest BCUT2D eigenvalue weighted by molar-refractivity contribution is -0.132. The van der Waals surface area contributed by atoms with E-state index in [0.29, 0.717) is 12.8 Å². The highest BCUT2D eigenvalue weighted by atomic mass is 16.5. The first-order valence-corrected chi connectivity index (χ1v) is 8.25. The van der Waals surface area contributed by atoms with Crippen molar-refractivity contribution in [3.8, 4) is 0 Å². The van der Waals surface area contributed by atoms with Crippen LogP contribution in [0.5, 0.6) is 0 Å². The van der Waals surface area contributed by atoms with Crippen molar-refractivity contribution in [2.45, 2.75) is 59.0 Å². The Morgan fingerprint density at radius 2 is 2.22 bits per heavy atom. The first-order valence-electron chi connectivity index (χ1n) is 8.25. The molecule has 0 aliphatic carbocycles. The first-order chi connectivity index (χ1) is 11.0. The fourth-order valence-electron chi connectivity index (χ4n) is 3.37. The van der Waals surface area contributed by atoms with E-state index in [1.54, 1.807) is 0 Å². The number of rotatable bonds is 5. The highest BCUT2D eigenvalue weighted by molar-refractivity contribution is 5.77. The Balaban J connectivity index is 1.59. The minimum atomic E-state index is 0.219. The number of carbonyl (C=O) groups excluding carboxylic acids is 1. The first kappa shape index (κ1) is 15.8. The predicted molar refractivity (Wildman–Crippen MR) is 86.0 cm³/mol. The quantitative estimate of drug-likeness (QED) is 0.850. The zero-order valence-electron chi connectivity index (χ0n) is 14.1. The highest BCUT2D eigenvalue weighted by Gasteiger charge is 2.29. The molecule has 1 atom stereocenters. The Bertz CT molecular complexity index is 669. The molecule has 3 rings (SSSR count). The molecule has 1 unspecified atom stereocenters. The van der Waals surface area contributed by atoms with E-state index < -0.39 is 0 Å². The molecule has 0 aromatic carbocycles. The van der Waals surface area contributed by atoms with Gasteiger partial charge < -0.3 is 9.42 Å². The molecule has 0 saturated carbocycles. The van der Waals surface area contributed by atoms with Gasteiger partial charge in [-0.05, 0) is 45.6 Å². The second-order valence-electron chi connectivity index (χ2n) is 6.43. The molecule has 1 aliphatic rings. The lowest BCUT2D eigenvalue weighted by atomic mass is 10.1. The van der Waals surface area contributed by atoms with Crippen LogP contribution in [0.3, 0.4) is 0 Å². The maximum absolute atomic E-state index is 12.6. The summed E-state index contributed by atoms with van der Waals surface area (Å²) in [5, 5.41) is 8.29. The van der Waals surface area contributed by atoms with Crippen LogP contribution >= 0.6 is 0 Å². The van der Waals surface area contributed by atoms with E-state index in [4.69, 9.17) is 4.52 Å². The van der Waals surface area contributed by atoms with Crippen molar-refractivity contribution in [3.63, 3.8) is 0 Å². The molecule has 0 radical (unpaired) electrons. The van der Waals surface area contributed by atoms with Crippen molar-refractivity contribution in [3.05, 3.63) is 35.0 Å². The van der Waals surface area contributed by atoms with Crippen molar-refractivity contribution in [2.24, 2.45) is 0 Å². The number of carbonyl (C=O) groups is 1. The smallest absolute Gasteiger partial charge is 0.223 e. The second-order valence-corrected chi connectivity index (χ2v) is 6.43. The van der Waals surface area contributed by atoms with Crippen LogP contribution in [-0.2, 0) is 17.8 Å². The van der Waals surface area contributed by atoms with Crippen LogP contribution in [0.1, 0.15) is 41.8 Å². The van der Waals surface area contributed by atoms with Gasteiger partial charge in [-0.2, -0.15) is 5.10 Å². The van der Waals surface area contributed by atoms with Crippen LogP contribution in [0.2, 0.25) is 0 Å². The maximum Gasteiger partial charge on any atom is 0.223 e. The second kappa shape index (κ2) is 6.56. The van der Waals surface area contributed by atoms with Gasteiger partial charge in [-0.1, -0.05) is 5.16 Å². The Morgan fingerprint density at radius 3 is 2.87 bits per heavy atom. The number of nitrogens with zero attached hydrogens (tertiary/aromatic N) is 4. The van der Waals surface area contributed by atoms with E-state index in [1.165, 1.54) is 0 Å². The lowest BCUT2D eigenvalue weighted by Crippen LogP contribution is -2.38. The van der Waals surface area contributed by atoms with Gasteiger partial charge in [0, 0.05) is 24.7 Å². The number of hydrogen-bond donors (Lipinski definition) is 0. The normalized spacial score (nSPS) is 17.9. The standard InChI is InChI=1S/C17H24N4O2/c1-12-9-18-20(10-12)11-15-5-4-8-21(15)17(22)7-6-16-13(2)19-23-14(16)3/h9-10,15H,4-8,11H2,1-3H3. The highest BCUT2D eigenvalue weighted by Crippen LogP contribution is 2.21. The van der Waals surface area contributed by atoms with Gasteiger partial charge in [-0.25, -0.2) is 0 Å². The average molecular weight is 316 g/mol. The van der Waals surface area contributed by atoms with Gasteiger partial charge in [-0.15, -0.1) is 0 Å². The third-order valence-corrected chi connectivity index (χ3v) is 4.63. The van der Waals surface area contributed by atoms with Crippen molar-refractivity contribution >= 4 is 5.91 Å². The largest absolute Gasteiger partial charge is 0.361 e. The van der Waals surface area contributed by atoms with Crippen LogP contribution in [0.15, 0.2) is 16.9 Å². The number of aryl methyl sites for hydroxylation is 3. The third kappa shape index (κ3) is 3.46. The van der Waals surface area contributed by atoms with Gasteiger partial charge in [0.1, 0.15) is 5.76 Å².